The first-order valence-corrected chi connectivity index (χ1v) is 9.10. The predicted octanol–water partition coefficient (Wildman–Crippen LogP) is 3.35. The van der Waals surface area contributed by atoms with Crippen molar-refractivity contribution in [2.75, 3.05) is 12.5 Å². The molecule has 0 aliphatic heterocycles. The Labute approximate surface area is 141 Å². The van der Waals surface area contributed by atoms with Crippen LogP contribution in [-0.4, -0.2) is 27.2 Å². The highest BCUT2D eigenvalue weighted by Crippen LogP contribution is 2.30. The monoisotopic (exact) mass is 363 g/mol. The molecule has 128 valence electrons. The second-order valence-corrected chi connectivity index (χ2v) is 6.89. The summed E-state index contributed by atoms with van der Waals surface area (Å²) < 4.78 is 38.8. The summed E-state index contributed by atoms with van der Waals surface area (Å²) in [5, 5.41) is 2.28. The molecule has 5 nitrogen and oxygen atoms in total. The molecule has 1 unspecified atom stereocenters. The zero-order chi connectivity index (χ0) is 16.8. The van der Waals surface area contributed by atoms with Gasteiger partial charge in [0.05, 0.1) is 17.2 Å². The molecule has 1 saturated carbocycles. The molecule has 0 spiro atoms. The van der Waals surface area contributed by atoms with Crippen molar-refractivity contribution in [2.45, 2.75) is 32.1 Å². The number of hydrogen-bond donors (Lipinski definition) is 2. The van der Waals surface area contributed by atoms with Gasteiger partial charge in [0.25, 0.3) is 5.91 Å². The van der Waals surface area contributed by atoms with Crippen molar-refractivity contribution >= 4 is 28.6 Å². The standard InChI is InChI=1S/C15H19ClFNO4S/c16-12-6-11(15(19)18-9-23(20)21)13(17)7-14(12)22-8-10-4-2-1-3-5-10/h6-7,10H,1-5,8-9H2,(H,18,19)(H,20,21). The Balaban J connectivity index is 2.01. The van der Waals surface area contributed by atoms with E-state index in [0.29, 0.717) is 12.5 Å². The Morgan fingerprint density at radius 2 is 2.09 bits per heavy atom. The average Bonchev–Trinajstić information content (AvgIpc) is 2.54. The molecule has 0 radical (unpaired) electrons. The molecule has 2 N–H and O–H groups in total. The van der Waals surface area contributed by atoms with Gasteiger partial charge in [0, 0.05) is 6.07 Å². The molecular formula is C15H19ClFNO4S. The fourth-order valence-electron chi connectivity index (χ4n) is 2.60. The third kappa shape index (κ3) is 5.44. The van der Waals surface area contributed by atoms with Gasteiger partial charge in [-0.05, 0) is 24.8 Å². The molecule has 1 amide bonds. The zero-order valence-corrected chi connectivity index (χ0v) is 14.1. The normalized spacial score (nSPS) is 16.8. The number of amides is 1. The van der Waals surface area contributed by atoms with E-state index in [1.807, 2.05) is 0 Å². The molecule has 0 bridgehead atoms. The first kappa shape index (κ1) is 18.2. The SMILES string of the molecule is O=C(NCS(=O)O)c1cc(Cl)c(OCC2CCCCC2)cc1F. The van der Waals surface area contributed by atoms with E-state index in [4.69, 9.17) is 20.9 Å². The minimum absolute atomic E-state index is 0.137. The van der Waals surface area contributed by atoms with Crippen LogP contribution in [0.5, 0.6) is 5.75 Å². The fourth-order valence-corrected chi connectivity index (χ4v) is 3.07. The highest BCUT2D eigenvalue weighted by atomic mass is 35.5. The number of hydrogen-bond acceptors (Lipinski definition) is 3. The van der Waals surface area contributed by atoms with E-state index in [1.54, 1.807) is 0 Å². The molecule has 8 heteroatoms. The summed E-state index contributed by atoms with van der Waals surface area (Å²) in [6.45, 7) is 0.480. The lowest BCUT2D eigenvalue weighted by molar-refractivity contribution is 0.0955. The molecular weight excluding hydrogens is 345 g/mol. The average molecular weight is 364 g/mol. The van der Waals surface area contributed by atoms with Gasteiger partial charge < -0.3 is 14.6 Å². The predicted molar refractivity (Wildman–Crippen MR) is 86.6 cm³/mol. The van der Waals surface area contributed by atoms with Crippen molar-refractivity contribution in [1.29, 1.82) is 0 Å². The van der Waals surface area contributed by atoms with Gasteiger partial charge in [0.2, 0.25) is 0 Å². The van der Waals surface area contributed by atoms with E-state index in [1.165, 1.54) is 25.3 Å². The van der Waals surface area contributed by atoms with Crippen LogP contribution in [0, 0.1) is 11.7 Å². The smallest absolute Gasteiger partial charge is 0.255 e. The van der Waals surface area contributed by atoms with Crippen molar-refractivity contribution < 1.29 is 22.7 Å². The van der Waals surface area contributed by atoms with Crippen LogP contribution in [0.3, 0.4) is 0 Å². The number of benzene rings is 1. The Hall–Kier alpha value is -1.18. The van der Waals surface area contributed by atoms with Crippen molar-refractivity contribution in [3.63, 3.8) is 0 Å². The molecule has 1 aliphatic rings. The highest BCUT2D eigenvalue weighted by Gasteiger charge is 2.18. The molecule has 1 aromatic rings. The lowest BCUT2D eigenvalue weighted by Crippen LogP contribution is -2.27. The topological polar surface area (TPSA) is 75.6 Å². The number of nitrogens with one attached hydrogen (secondary N) is 1. The summed E-state index contributed by atoms with van der Waals surface area (Å²) in [7, 11) is 0. The largest absolute Gasteiger partial charge is 0.492 e. The molecule has 0 aromatic heterocycles. The summed E-state index contributed by atoms with van der Waals surface area (Å²) in [6.07, 6.45) is 5.80. The Morgan fingerprint density at radius 3 is 2.74 bits per heavy atom. The van der Waals surface area contributed by atoms with E-state index in [0.717, 1.165) is 18.9 Å². The molecule has 1 fully saturated rings. The lowest BCUT2D eigenvalue weighted by atomic mass is 9.90. The van der Waals surface area contributed by atoms with Crippen LogP contribution in [-0.2, 0) is 11.1 Å². The summed E-state index contributed by atoms with van der Waals surface area (Å²) in [5.74, 6) is -1.40. The van der Waals surface area contributed by atoms with Crippen molar-refractivity contribution in [2.24, 2.45) is 5.92 Å². The van der Waals surface area contributed by atoms with E-state index in [2.05, 4.69) is 5.32 Å². The van der Waals surface area contributed by atoms with Gasteiger partial charge in [0.1, 0.15) is 17.4 Å². The minimum atomic E-state index is -2.19. The fraction of sp³-hybridized carbons (Fsp3) is 0.533. The maximum Gasteiger partial charge on any atom is 0.255 e. The Bertz CT molecular complexity index is 593. The van der Waals surface area contributed by atoms with E-state index >= 15 is 0 Å². The molecule has 1 atom stereocenters. The summed E-state index contributed by atoms with van der Waals surface area (Å²) in [5.41, 5.74) is -0.287. The summed E-state index contributed by atoms with van der Waals surface area (Å²) in [6, 6.07) is 2.25. The second kappa shape index (κ2) is 8.61. The number of carbonyl (C=O) groups excluding carboxylic acids is 1. The zero-order valence-electron chi connectivity index (χ0n) is 12.5. The van der Waals surface area contributed by atoms with Crippen LogP contribution in [0.4, 0.5) is 4.39 Å². The summed E-state index contributed by atoms with van der Waals surface area (Å²) in [4.78, 5) is 11.7. The quantitative estimate of drug-likeness (QED) is 0.760. The highest BCUT2D eigenvalue weighted by molar-refractivity contribution is 7.79. The van der Waals surface area contributed by atoms with Crippen molar-refractivity contribution in [1.82, 2.24) is 5.32 Å². The van der Waals surface area contributed by atoms with Crippen LogP contribution >= 0.6 is 11.6 Å². The van der Waals surface area contributed by atoms with E-state index in [-0.39, 0.29) is 16.3 Å². The van der Waals surface area contributed by atoms with Gasteiger partial charge in [-0.3, -0.25) is 4.79 Å². The first-order valence-electron chi connectivity index (χ1n) is 7.45. The maximum absolute atomic E-state index is 14.0. The molecule has 0 saturated heterocycles. The third-order valence-electron chi connectivity index (χ3n) is 3.82. The van der Waals surface area contributed by atoms with Crippen LogP contribution < -0.4 is 10.1 Å². The van der Waals surface area contributed by atoms with E-state index < -0.39 is 28.7 Å². The summed E-state index contributed by atoms with van der Waals surface area (Å²) >= 11 is 3.85. The van der Waals surface area contributed by atoms with Crippen LogP contribution in [0.2, 0.25) is 5.02 Å². The lowest BCUT2D eigenvalue weighted by Gasteiger charge is -2.22. The van der Waals surface area contributed by atoms with Gasteiger partial charge in [-0.25, -0.2) is 8.60 Å². The molecule has 1 aromatic carbocycles. The number of halogens is 2. The number of ether oxygens (including phenoxy) is 1. The van der Waals surface area contributed by atoms with Gasteiger partial charge in [0.15, 0.2) is 11.1 Å². The Morgan fingerprint density at radius 1 is 1.39 bits per heavy atom. The second-order valence-electron chi connectivity index (χ2n) is 5.55. The van der Waals surface area contributed by atoms with Crippen LogP contribution in [0.25, 0.3) is 0 Å². The maximum atomic E-state index is 14.0. The number of rotatable bonds is 6. The first-order chi connectivity index (χ1) is 11.0. The Kier molecular flexibility index (Phi) is 6.80. The van der Waals surface area contributed by atoms with Crippen molar-refractivity contribution in [3.05, 3.63) is 28.5 Å². The molecule has 0 heterocycles. The third-order valence-corrected chi connectivity index (χ3v) is 4.51. The molecule has 2 rings (SSSR count). The van der Waals surface area contributed by atoms with Crippen LogP contribution in [0.1, 0.15) is 42.5 Å². The van der Waals surface area contributed by atoms with Gasteiger partial charge >= 0.3 is 0 Å². The minimum Gasteiger partial charge on any atom is -0.492 e. The van der Waals surface area contributed by atoms with Gasteiger partial charge in [-0.15, -0.1) is 0 Å². The van der Waals surface area contributed by atoms with Crippen LogP contribution in [0.15, 0.2) is 12.1 Å². The molecule has 1 aliphatic carbocycles. The van der Waals surface area contributed by atoms with Gasteiger partial charge in [-0.1, -0.05) is 30.9 Å². The van der Waals surface area contributed by atoms with E-state index in [9.17, 15) is 13.4 Å². The molecule has 23 heavy (non-hydrogen) atoms. The number of carbonyl (C=O) groups is 1. The van der Waals surface area contributed by atoms with Gasteiger partial charge in [-0.2, -0.15) is 0 Å². The van der Waals surface area contributed by atoms with Crippen molar-refractivity contribution in [3.8, 4) is 5.75 Å².